The molecule has 0 radical (unpaired) electrons. The van der Waals surface area contributed by atoms with Gasteiger partial charge >= 0.3 is 47.8 Å². The molecule has 0 aromatic heterocycles. The fourth-order valence-corrected chi connectivity index (χ4v) is 10.2. The molecule has 3 aliphatic heterocycles. The van der Waals surface area contributed by atoms with Crippen LogP contribution in [0.1, 0.15) is 67.4 Å². The van der Waals surface area contributed by atoms with E-state index in [2.05, 4.69) is 0 Å². The van der Waals surface area contributed by atoms with Crippen molar-refractivity contribution in [1.82, 2.24) is 4.31 Å². The van der Waals surface area contributed by atoms with Crippen LogP contribution in [0.4, 0.5) is 0 Å². The average molecular weight is 1080 g/mol. The van der Waals surface area contributed by atoms with Crippen LogP contribution in [-0.2, 0) is 105 Å². The SMILES string of the molecule is CC(=O)OC[C@H]1O[C@@H](OCC2=CC(CO[C@@H]3O[C@H](COC(C)=O)[C@@H](OC(C)=O)[C@H](OC(C)=O)[C@H]3OC(C)=O)N(S(=O)(=O)c3ccc(C)cc3)C(C(Cl)(Cl)Cl)C2)[C@H](OC(C)=O)[C@@H](OC(C)=O)[C@H]1OC(C)=O. The highest BCUT2D eigenvalue weighted by Crippen LogP contribution is 2.43. The third-order valence-corrected chi connectivity index (χ3v) is 13.0. The first-order valence-corrected chi connectivity index (χ1v) is 23.9. The van der Waals surface area contributed by atoms with Crippen molar-refractivity contribution in [3.63, 3.8) is 0 Å². The van der Waals surface area contributed by atoms with E-state index in [-0.39, 0.29) is 16.9 Å². The number of hydrogen-bond donors (Lipinski definition) is 0. The van der Waals surface area contributed by atoms with Crippen LogP contribution in [0.25, 0.3) is 0 Å². The summed E-state index contributed by atoms with van der Waals surface area (Å²) >= 11 is 19.8. The van der Waals surface area contributed by atoms with E-state index in [4.69, 9.17) is 91.6 Å². The van der Waals surface area contributed by atoms with Crippen molar-refractivity contribution >= 4 is 92.6 Å². The maximum atomic E-state index is 14.8. The summed E-state index contributed by atoms with van der Waals surface area (Å²) in [4.78, 5) is 98.2. The second-order valence-electron chi connectivity index (χ2n) is 16.1. The molecule has 1 aromatic rings. The van der Waals surface area contributed by atoms with Crippen molar-refractivity contribution in [2.45, 2.75) is 151 Å². The highest BCUT2D eigenvalue weighted by Gasteiger charge is 2.56. The van der Waals surface area contributed by atoms with Gasteiger partial charge in [-0.3, -0.25) is 38.4 Å². The minimum absolute atomic E-state index is 0.190. The normalized spacial score (nSPS) is 28.2. The van der Waals surface area contributed by atoms with Crippen molar-refractivity contribution in [1.29, 1.82) is 0 Å². The first-order chi connectivity index (χ1) is 32.6. The van der Waals surface area contributed by atoms with Crippen molar-refractivity contribution < 1.29 is 104 Å². The van der Waals surface area contributed by atoms with Crippen LogP contribution < -0.4 is 0 Å². The molecule has 0 N–H and O–H groups in total. The lowest BCUT2D eigenvalue weighted by Crippen LogP contribution is -2.63. The van der Waals surface area contributed by atoms with Crippen molar-refractivity contribution in [3.8, 4) is 0 Å². The molecule has 3 heterocycles. The number of halogens is 3. The van der Waals surface area contributed by atoms with Gasteiger partial charge in [0.05, 0.1) is 30.2 Å². The lowest BCUT2D eigenvalue weighted by Gasteiger charge is -2.46. The van der Waals surface area contributed by atoms with Crippen LogP contribution in [0.15, 0.2) is 40.8 Å². The molecular weight excluding hydrogens is 1020 g/mol. The predicted molar refractivity (Wildman–Crippen MR) is 237 cm³/mol. The molecule has 4 rings (SSSR count). The number of rotatable bonds is 18. The monoisotopic (exact) mass is 1070 g/mol. The fraction of sp³-hybridized carbons (Fsp3) is 0.628. The quantitative estimate of drug-likeness (QED) is 0.0884. The number of carbonyl (C=O) groups is 8. The number of nitrogens with zero attached hydrogens (tertiary/aromatic N) is 1. The van der Waals surface area contributed by atoms with Gasteiger partial charge in [-0.1, -0.05) is 58.6 Å². The van der Waals surface area contributed by atoms with Crippen LogP contribution in [-0.4, -0.2) is 164 Å². The Morgan fingerprint density at radius 3 is 1.34 bits per heavy atom. The minimum atomic E-state index is -4.67. The lowest BCUT2D eigenvalue weighted by molar-refractivity contribution is -0.309. The van der Waals surface area contributed by atoms with Gasteiger partial charge in [-0.05, 0) is 31.1 Å². The van der Waals surface area contributed by atoms with E-state index in [1.54, 1.807) is 6.92 Å². The molecule has 70 heavy (non-hydrogen) atoms. The Hall–Kier alpha value is -4.66. The second-order valence-corrected chi connectivity index (χ2v) is 20.3. The standard InChI is InChI=1S/C43H54Cl3NO22S/c1-20-10-12-31(13-11-20)70(56,57)47-30(17-61-42-40(67-28(9)55)38(65-26(7)53)36(63-24(5)51)33(69-42)19-59-22(3)49)14-29(15-34(47)43(44,45)46)16-60-41-39(66-27(8)54)37(64-25(6)52)35(62-23(4)50)32(68-41)18-58-21(2)48/h10-14,30,32-42H,15-19H2,1-9H3/t30?,32-,33-,34?,35+,36-,37+,38+,39-,40-,41-,42-/m1/s1. The Labute approximate surface area is 417 Å². The van der Waals surface area contributed by atoms with Crippen LogP contribution in [0, 0.1) is 6.92 Å². The molecule has 390 valence electrons. The van der Waals surface area contributed by atoms with Crippen LogP contribution >= 0.6 is 34.8 Å². The molecule has 1 aromatic carbocycles. The molecule has 12 atom stereocenters. The summed E-state index contributed by atoms with van der Waals surface area (Å²) in [5, 5.41) is 0. The third-order valence-electron chi connectivity index (χ3n) is 10.3. The first-order valence-electron chi connectivity index (χ1n) is 21.3. The molecule has 2 unspecified atom stereocenters. The van der Waals surface area contributed by atoms with E-state index in [9.17, 15) is 46.8 Å². The van der Waals surface area contributed by atoms with Gasteiger partial charge < -0.3 is 56.8 Å². The summed E-state index contributed by atoms with van der Waals surface area (Å²) < 4.78 is 95.8. The number of hydrogen-bond acceptors (Lipinski definition) is 22. The fourth-order valence-electron chi connectivity index (χ4n) is 7.68. The zero-order valence-electron chi connectivity index (χ0n) is 39.3. The second kappa shape index (κ2) is 25.1. The average Bonchev–Trinajstić information content (AvgIpc) is 3.22. The number of alkyl halides is 3. The van der Waals surface area contributed by atoms with Crippen molar-refractivity contribution in [3.05, 3.63) is 41.5 Å². The maximum absolute atomic E-state index is 14.8. The summed E-state index contributed by atoms with van der Waals surface area (Å²) in [6, 6.07) is 2.64. The van der Waals surface area contributed by atoms with Gasteiger partial charge in [0, 0.05) is 55.4 Å². The summed E-state index contributed by atoms with van der Waals surface area (Å²) in [5.41, 5.74) is 0.898. The van der Waals surface area contributed by atoms with E-state index >= 15 is 0 Å². The van der Waals surface area contributed by atoms with Gasteiger partial charge in [0.1, 0.15) is 25.4 Å². The Kier molecular flexibility index (Phi) is 20.8. The van der Waals surface area contributed by atoms with Crippen molar-refractivity contribution in [2.24, 2.45) is 0 Å². The molecule has 27 heteroatoms. The molecule has 0 spiro atoms. The maximum Gasteiger partial charge on any atom is 0.303 e. The highest BCUT2D eigenvalue weighted by molar-refractivity contribution is 7.89. The van der Waals surface area contributed by atoms with E-state index < -0.39 is 161 Å². The Morgan fingerprint density at radius 1 is 0.571 bits per heavy atom. The van der Waals surface area contributed by atoms with E-state index in [1.807, 2.05) is 0 Å². The van der Waals surface area contributed by atoms with E-state index in [0.29, 0.717) is 5.56 Å². The van der Waals surface area contributed by atoms with E-state index in [1.165, 1.54) is 30.3 Å². The Bertz CT molecular complexity index is 2240. The summed E-state index contributed by atoms with van der Waals surface area (Å²) in [6.07, 6.45) is -15.0. The van der Waals surface area contributed by atoms with E-state index in [0.717, 1.165) is 59.7 Å². The van der Waals surface area contributed by atoms with Gasteiger partial charge in [-0.25, -0.2) is 8.42 Å². The van der Waals surface area contributed by atoms with Gasteiger partial charge in [-0.2, -0.15) is 4.31 Å². The van der Waals surface area contributed by atoms with Gasteiger partial charge in [0.15, 0.2) is 49.2 Å². The predicted octanol–water partition coefficient (Wildman–Crippen LogP) is 2.62. The number of ether oxygens (including phenoxy) is 12. The van der Waals surface area contributed by atoms with Crippen LogP contribution in [0.2, 0.25) is 0 Å². The van der Waals surface area contributed by atoms with Crippen LogP contribution in [0.5, 0.6) is 0 Å². The molecule has 2 fully saturated rings. The Balaban J connectivity index is 1.86. The molecule has 0 saturated carbocycles. The summed E-state index contributed by atoms with van der Waals surface area (Å²) in [7, 11) is -4.67. The molecule has 0 bridgehead atoms. The largest absolute Gasteiger partial charge is 0.463 e. The third kappa shape index (κ3) is 16.2. The summed E-state index contributed by atoms with van der Waals surface area (Å²) in [5.74, 6) is -6.99. The van der Waals surface area contributed by atoms with Gasteiger partial charge in [-0.15, -0.1) is 0 Å². The van der Waals surface area contributed by atoms with Crippen molar-refractivity contribution in [2.75, 3.05) is 26.4 Å². The molecule has 3 aliphatic rings. The highest BCUT2D eigenvalue weighted by atomic mass is 35.6. The van der Waals surface area contributed by atoms with Crippen LogP contribution in [0.3, 0.4) is 0 Å². The Morgan fingerprint density at radius 2 is 0.957 bits per heavy atom. The molecule has 2 saturated heterocycles. The first kappa shape index (κ1) is 57.9. The number of sulfonamides is 1. The minimum Gasteiger partial charge on any atom is -0.463 e. The summed E-state index contributed by atoms with van der Waals surface area (Å²) in [6.45, 7) is 7.63. The van der Waals surface area contributed by atoms with Gasteiger partial charge in [0.2, 0.25) is 13.8 Å². The zero-order valence-corrected chi connectivity index (χ0v) is 42.4. The lowest BCUT2D eigenvalue weighted by atomic mass is 9.97. The number of esters is 8. The molecule has 23 nitrogen and oxygen atoms in total. The number of aryl methyl sites for hydroxylation is 1. The topological polar surface area (TPSA) is 285 Å². The molecule has 0 aliphatic carbocycles. The zero-order chi connectivity index (χ0) is 52.4. The smallest absolute Gasteiger partial charge is 0.303 e. The number of benzene rings is 1. The number of carbonyl (C=O) groups excluding carboxylic acids is 8. The molecular formula is C43H54Cl3NO22S. The van der Waals surface area contributed by atoms with Gasteiger partial charge in [0.25, 0.3) is 0 Å². The molecule has 0 amide bonds.